The number of nitrogens with zero attached hydrogens (tertiary/aromatic N) is 1. The third kappa shape index (κ3) is 3.08. The van der Waals surface area contributed by atoms with Gasteiger partial charge in [-0.25, -0.2) is 8.42 Å². The summed E-state index contributed by atoms with van der Waals surface area (Å²) < 4.78 is 27.9. The molecule has 1 aliphatic heterocycles. The van der Waals surface area contributed by atoms with Crippen molar-refractivity contribution in [3.05, 3.63) is 33.9 Å². The molecule has 1 aromatic rings. The van der Waals surface area contributed by atoms with E-state index in [0.717, 1.165) is 6.07 Å². The molecule has 0 aliphatic carbocycles. The molecule has 1 unspecified atom stereocenters. The second-order valence-electron chi connectivity index (χ2n) is 4.25. The Labute approximate surface area is 109 Å². The zero-order valence-corrected chi connectivity index (χ0v) is 10.6. The van der Waals surface area contributed by atoms with E-state index in [-0.39, 0.29) is 28.5 Å². The first kappa shape index (κ1) is 13.5. The number of nitro benzene ring substituents is 1. The Bertz CT molecular complexity index is 624. The molecule has 1 aliphatic rings. The summed E-state index contributed by atoms with van der Waals surface area (Å²) in [6.07, 6.45) is 0.233. The smallest absolute Gasteiger partial charge is 0.311 e. The first-order chi connectivity index (χ1) is 8.91. The highest BCUT2D eigenvalue weighted by Crippen LogP contribution is 2.30. The molecule has 2 rings (SSSR count). The van der Waals surface area contributed by atoms with Crippen molar-refractivity contribution in [2.24, 2.45) is 0 Å². The van der Waals surface area contributed by atoms with Crippen LogP contribution in [-0.4, -0.2) is 37.2 Å². The molecule has 1 aromatic carbocycles. The van der Waals surface area contributed by atoms with Crippen LogP contribution in [0.3, 0.4) is 0 Å². The monoisotopic (exact) mass is 285 g/mol. The number of sulfone groups is 1. The Morgan fingerprint density at radius 3 is 2.68 bits per heavy atom. The average molecular weight is 285 g/mol. The van der Waals surface area contributed by atoms with Crippen molar-refractivity contribution in [2.75, 3.05) is 11.5 Å². The van der Waals surface area contributed by atoms with Crippen LogP contribution in [0.2, 0.25) is 0 Å². The van der Waals surface area contributed by atoms with Crippen LogP contribution in [-0.2, 0) is 9.84 Å². The van der Waals surface area contributed by atoms with Gasteiger partial charge in [0, 0.05) is 11.6 Å². The van der Waals surface area contributed by atoms with E-state index in [1.54, 1.807) is 0 Å². The van der Waals surface area contributed by atoms with Crippen LogP contribution < -0.4 is 4.74 Å². The van der Waals surface area contributed by atoms with Crippen molar-refractivity contribution in [1.29, 1.82) is 0 Å². The molecule has 1 fully saturated rings. The number of aldehydes is 1. The molecule has 1 heterocycles. The van der Waals surface area contributed by atoms with Crippen molar-refractivity contribution in [2.45, 2.75) is 12.5 Å². The molecule has 19 heavy (non-hydrogen) atoms. The molecule has 0 spiro atoms. The molecule has 8 heteroatoms. The minimum absolute atomic E-state index is 0.0160. The van der Waals surface area contributed by atoms with E-state index in [1.165, 1.54) is 12.1 Å². The fraction of sp³-hybridized carbons (Fsp3) is 0.364. The Hall–Kier alpha value is -1.96. The molecule has 0 radical (unpaired) electrons. The van der Waals surface area contributed by atoms with Gasteiger partial charge in [-0.15, -0.1) is 0 Å². The average Bonchev–Trinajstić information content (AvgIpc) is 2.69. The number of hydrogen-bond acceptors (Lipinski definition) is 6. The first-order valence-corrected chi connectivity index (χ1v) is 7.34. The number of carbonyl (C=O) groups excluding carboxylic acids is 1. The molecule has 1 saturated heterocycles. The summed E-state index contributed by atoms with van der Waals surface area (Å²) in [4.78, 5) is 20.8. The molecule has 0 amide bonds. The Morgan fingerprint density at radius 1 is 1.42 bits per heavy atom. The van der Waals surface area contributed by atoms with Gasteiger partial charge in [-0.3, -0.25) is 14.9 Å². The van der Waals surface area contributed by atoms with Gasteiger partial charge in [0.05, 0.1) is 16.4 Å². The van der Waals surface area contributed by atoms with Gasteiger partial charge >= 0.3 is 5.69 Å². The van der Waals surface area contributed by atoms with Crippen LogP contribution >= 0.6 is 0 Å². The lowest BCUT2D eigenvalue weighted by Gasteiger charge is -2.12. The summed E-state index contributed by atoms with van der Waals surface area (Å²) in [6, 6.07) is 3.80. The third-order valence-corrected chi connectivity index (χ3v) is 4.54. The molecular weight excluding hydrogens is 274 g/mol. The first-order valence-electron chi connectivity index (χ1n) is 5.52. The van der Waals surface area contributed by atoms with Gasteiger partial charge in [-0.05, 0) is 18.6 Å². The number of ether oxygens (including phenoxy) is 1. The topological polar surface area (TPSA) is 104 Å². The molecule has 0 N–H and O–H groups in total. The van der Waals surface area contributed by atoms with Crippen molar-refractivity contribution in [1.82, 2.24) is 0 Å². The quantitative estimate of drug-likeness (QED) is 0.464. The van der Waals surface area contributed by atoms with Crippen LogP contribution in [0.15, 0.2) is 18.2 Å². The van der Waals surface area contributed by atoms with Gasteiger partial charge in [0.2, 0.25) is 0 Å². The molecule has 1 atom stereocenters. The van der Waals surface area contributed by atoms with Gasteiger partial charge in [0.15, 0.2) is 15.6 Å². The number of hydrogen-bond donors (Lipinski definition) is 0. The van der Waals surface area contributed by atoms with Gasteiger partial charge in [-0.2, -0.15) is 0 Å². The largest absolute Gasteiger partial charge is 0.482 e. The summed E-state index contributed by atoms with van der Waals surface area (Å²) in [7, 11) is -3.11. The molecule has 102 valence electrons. The maximum absolute atomic E-state index is 11.3. The van der Waals surface area contributed by atoms with E-state index < -0.39 is 20.9 Å². The van der Waals surface area contributed by atoms with Crippen LogP contribution in [0.1, 0.15) is 16.8 Å². The number of benzene rings is 1. The van der Waals surface area contributed by atoms with E-state index in [2.05, 4.69) is 0 Å². The van der Waals surface area contributed by atoms with Crippen molar-refractivity contribution in [3.8, 4) is 5.75 Å². The molecule has 0 aromatic heterocycles. The Balaban J connectivity index is 2.25. The highest BCUT2D eigenvalue weighted by molar-refractivity contribution is 7.91. The fourth-order valence-electron chi connectivity index (χ4n) is 1.88. The SMILES string of the molecule is O=Cc1ccc(OC2CCS(=O)(=O)C2)c([N+](=O)[O-])c1. The normalized spacial score (nSPS) is 20.9. The van der Waals surface area contributed by atoms with E-state index in [0.29, 0.717) is 12.7 Å². The molecule has 0 bridgehead atoms. The van der Waals surface area contributed by atoms with E-state index in [1.807, 2.05) is 0 Å². The Kier molecular flexibility index (Phi) is 3.52. The second kappa shape index (κ2) is 4.96. The predicted molar refractivity (Wildman–Crippen MR) is 66.2 cm³/mol. The van der Waals surface area contributed by atoms with Crippen molar-refractivity contribution < 1.29 is 22.9 Å². The lowest BCUT2D eigenvalue weighted by molar-refractivity contribution is -0.386. The molecular formula is C11H11NO6S. The summed E-state index contributed by atoms with van der Waals surface area (Å²) in [5, 5.41) is 10.9. The standard InChI is InChI=1S/C11H11NO6S/c13-6-8-1-2-11(10(5-8)12(14)15)18-9-3-4-19(16,17)7-9/h1-2,5-6,9H,3-4,7H2. The predicted octanol–water partition coefficient (Wildman–Crippen LogP) is 0.973. The number of nitro groups is 1. The van der Waals surface area contributed by atoms with Crippen LogP contribution in [0, 0.1) is 10.1 Å². The minimum Gasteiger partial charge on any atom is -0.482 e. The molecule has 0 saturated carbocycles. The van der Waals surface area contributed by atoms with Gasteiger partial charge in [0.25, 0.3) is 0 Å². The fourth-order valence-corrected chi connectivity index (χ4v) is 3.47. The van der Waals surface area contributed by atoms with Crippen LogP contribution in [0.25, 0.3) is 0 Å². The maximum atomic E-state index is 11.3. The van der Waals surface area contributed by atoms with Gasteiger partial charge in [-0.1, -0.05) is 0 Å². The summed E-state index contributed by atoms with van der Waals surface area (Å²) in [5.41, 5.74) is -0.174. The molecule has 7 nitrogen and oxygen atoms in total. The zero-order chi connectivity index (χ0) is 14.0. The van der Waals surface area contributed by atoms with Crippen molar-refractivity contribution in [3.63, 3.8) is 0 Å². The Morgan fingerprint density at radius 2 is 2.16 bits per heavy atom. The lowest BCUT2D eigenvalue weighted by Crippen LogP contribution is -2.18. The van der Waals surface area contributed by atoms with Crippen molar-refractivity contribution >= 4 is 21.8 Å². The van der Waals surface area contributed by atoms with Crippen LogP contribution in [0.4, 0.5) is 5.69 Å². The summed E-state index contributed by atoms with van der Waals surface area (Å²) in [5.74, 6) is -0.130. The van der Waals surface area contributed by atoms with E-state index in [4.69, 9.17) is 4.74 Å². The highest BCUT2D eigenvalue weighted by Gasteiger charge is 2.31. The zero-order valence-electron chi connectivity index (χ0n) is 9.81. The summed E-state index contributed by atoms with van der Waals surface area (Å²) >= 11 is 0. The van der Waals surface area contributed by atoms with Crippen LogP contribution in [0.5, 0.6) is 5.75 Å². The lowest BCUT2D eigenvalue weighted by atomic mass is 10.2. The highest BCUT2D eigenvalue weighted by atomic mass is 32.2. The second-order valence-corrected chi connectivity index (χ2v) is 6.47. The minimum atomic E-state index is -3.11. The summed E-state index contributed by atoms with van der Waals surface area (Å²) in [6.45, 7) is 0. The number of rotatable bonds is 4. The number of carbonyl (C=O) groups is 1. The maximum Gasteiger partial charge on any atom is 0.311 e. The third-order valence-electron chi connectivity index (χ3n) is 2.80. The van der Waals surface area contributed by atoms with E-state index in [9.17, 15) is 23.3 Å². The van der Waals surface area contributed by atoms with Gasteiger partial charge < -0.3 is 4.74 Å². The van der Waals surface area contributed by atoms with E-state index >= 15 is 0 Å². The van der Waals surface area contributed by atoms with Gasteiger partial charge in [0.1, 0.15) is 12.4 Å².